The number of halogens is 1. The Bertz CT molecular complexity index is 335. The minimum absolute atomic E-state index is 0.214. The molecular formula is C12H21BrN2O. The molecule has 3 nitrogen and oxygen atoms in total. The molecule has 0 bridgehead atoms. The largest absolute Gasteiger partial charge is 0.387 e. The normalized spacial score (nSPS) is 16.2. The van der Waals surface area contributed by atoms with Gasteiger partial charge in [-0.2, -0.15) is 5.10 Å². The van der Waals surface area contributed by atoms with E-state index in [-0.39, 0.29) is 5.41 Å². The lowest BCUT2D eigenvalue weighted by Gasteiger charge is -2.29. The van der Waals surface area contributed by atoms with Crippen molar-refractivity contribution in [2.75, 3.05) is 0 Å². The quantitative estimate of drug-likeness (QED) is 0.927. The summed E-state index contributed by atoms with van der Waals surface area (Å²) in [7, 11) is 1.85. The van der Waals surface area contributed by atoms with Crippen LogP contribution in [-0.4, -0.2) is 14.9 Å². The zero-order valence-corrected chi connectivity index (χ0v) is 12.2. The minimum Gasteiger partial charge on any atom is -0.387 e. The smallest absolute Gasteiger partial charge is 0.0970 e. The Morgan fingerprint density at radius 1 is 1.50 bits per heavy atom. The van der Waals surface area contributed by atoms with Crippen molar-refractivity contribution in [3.8, 4) is 0 Å². The van der Waals surface area contributed by atoms with Crippen LogP contribution in [-0.2, 0) is 7.05 Å². The van der Waals surface area contributed by atoms with Gasteiger partial charge in [-0.3, -0.25) is 4.68 Å². The lowest BCUT2D eigenvalue weighted by atomic mass is 9.78. The second-order valence-corrected chi connectivity index (χ2v) is 6.37. The van der Waals surface area contributed by atoms with E-state index in [0.717, 1.165) is 16.6 Å². The summed E-state index contributed by atoms with van der Waals surface area (Å²) in [6.07, 6.45) is 2.01. The highest BCUT2D eigenvalue weighted by atomic mass is 79.9. The number of aliphatic hydroxyl groups is 1. The second-order valence-electron chi connectivity index (χ2n) is 5.52. The first-order valence-electron chi connectivity index (χ1n) is 5.59. The van der Waals surface area contributed by atoms with Gasteiger partial charge >= 0.3 is 0 Å². The minimum atomic E-state index is -0.462. The maximum absolute atomic E-state index is 10.2. The molecule has 1 heterocycles. The van der Waals surface area contributed by atoms with E-state index < -0.39 is 6.10 Å². The lowest BCUT2D eigenvalue weighted by molar-refractivity contribution is 0.104. The molecule has 92 valence electrons. The lowest BCUT2D eigenvalue weighted by Crippen LogP contribution is -2.20. The molecule has 4 heteroatoms. The van der Waals surface area contributed by atoms with Gasteiger partial charge in [0.05, 0.1) is 22.5 Å². The molecule has 0 aromatic carbocycles. The fourth-order valence-electron chi connectivity index (χ4n) is 1.60. The Kier molecular flexibility index (Phi) is 4.18. The SMILES string of the molecule is CC(CC(O)c1c(Br)cnn1C)C(C)(C)C. The molecule has 0 aliphatic carbocycles. The molecule has 1 aromatic rings. The van der Waals surface area contributed by atoms with Gasteiger partial charge in [0.2, 0.25) is 0 Å². The molecule has 0 saturated heterocycles. The first-order valence-corrected chi connectivity index (χ1v) is 6.38. The monoisotopic (exact) mass is 288 g/mol. The summed E-state index contributed by atoms with van der Waals surface area (Å²) in [6.45, 7) is 8.77. The van der Waals surface area contributed by atoms with Gasteiger partial charge in [-0.05, 0) is 33.7 Å². The van der Waals surface area contributed by atoms with Crippen molar-refractivity contribution in [3.63, 3.8) is 0 Å². The van der Waals surface area contributed by atoms with E-state index in [1.54, 1.807) is 10.9 Å². The Hall–Kier alpha value is -0.350. The van der Waals surface area contributed by atoms with E-state index in [1.807, 2.05) is 7.05 Å². The standard InChI is InChI=1S/C12H21BrN2O/c1-8(12(2,3)4)6-10(16)11-9(13)7-14-15(11)5/h7-8,10,16H,6H2,1-5H3. The summed E-state index contributed by atoms with van der Waals surface area (Å²) >= 11 is 3.41. The first-order chi connectivity index (χ1) is 7.23. The fourth-order valence-corrected chi connectivity index (χ4v) is 2.21. The number of aliphatic hydroxyl groups excluding tert-OH is 1. The molecule has 1 rings (SSSR count). The number of aromatic nitrogens is 2. The predicted molar refractivity (Wildman–Crippen MR) is 69.1 cm³/mol. The van der Waals surface area contributed by atoms with E-state index in [2.05, 4.69) is 48.7 Å². The van der Waals surface area contributed by atoms with Crippen molar-refractivity contribution in [3.05, 3.63) is 16.4 Å². The molecule has 1 N–H and O–H groups in total. The summed E-state index contributed by atoms with van der Waals surface area (Å²) in [5, 5.41) is 14.3. The van der Waals surface area contributed by atoms with Crippen molar-refractivity contribution >= 4 is 15.9 Å². The van der Waals surface area contributed by atoms with Crippen LogP contribution in [0, 0.1) is 11.3 Å². The van der Waals surface area contributed by atoms with Crippen LogP contribution in [0.3, 0.4) is 0 Å². The molecular weight excluding hydrogens is 268 g/mol. The van der Waals surface area contributed by atoms with Gasteiger partial charge in [0.25, 0.3) is 0 Å². The van der Waals surface area contributed by atoms with Crippen LogP contribution >= 0.6 is 15.9 Å². The zero-order chi connectivity index (χ0) is 12.5. The molecule has 0 radical (unpaired) electrons. The van der Waals surface area contributed by atoms with Gasteiger partial charge < -0.3 is 5.11 Å². The van der Waals surface area contributed by atoms with Crippen molar-refractivity contribution < 1.29 is 5.11 Å². The van der Waals surface area contributed by atoms with E-state index in [4.69, 9.17) is 0 Å². The van der Waals surface area contributed by atoms with Crippen LogP contribution in [0.4, 0.5) is 0 Å². The number of nitrogens with zero attached hydrogens (tertiary/aromatic N) is 2. The predicted octanol–water partition coefficient (Wildman–Crippen LogP) is 3.29. The number of aryl methyl sites for hydroxylation is 1. The molecule has 2 unspecified atom stereocenters. The third kappa shape index (κ3) is 3.08. The Morgan fingerprint density at radius 3 is 2.44 bits per heavy atom. The van der Waals surface area contributed by atoms with Crippen LogP contribution in [0.15, 0.2) is 10.7 Å². The zero-order valence-electron chi connectivity index (χ0n) is 10.7. The first kappa shape index (κ1) is 13.7. The van der Waals surface area contributed by atoms with Crippen LogP contribution in [0.5, 0.6) is 0 Å². The molecule has 2 atom stereocenters. The molecule has 0 aliphatic heterocycles. The molecule has 0 spiro atoms. The maximum Gasteiger partial charge on any atom is 0.0970 e. The second kappa shape index (κ2) is 4.88. The highest BCUT2D eigenvalue weighted by Crippen LogP contribution is 2.34. The van der Waals surface area contributed by atoms with Gasteiger partial charge in [0.1, 0.15) is 0 Å². The molecule has 0 saturated carbocycles. The Morgan fingerprint density at radius 2 is 2.06 bits per heavy atom. The molecule has 16 heavy (non-hydrogen) atoms. The molecule has 0 fully saturated rings. The average Bonchev–Trinajstić information content (AvgIpc) is 2.44. The van der Waals surface area contributed by atoms with Gasteiger partial charge in [-0.25, -0.2) is 0 Å². The fraction of sp³-hybridized carbons (Fsp3) is 0.750. The summed E-state index contributed by atoms with van der Waals surface area (Å²) in [6, 6.07) is 0. The highest BCUT2D eigenvalue weighted by Gasteiger charge is 2.25. The summed E-state index contributed by atoms with van der Waals surface area (Å²) < 4.78 is 2.60. The average molecular weight is 289 g/mol. The van der Waals surface area contributed by atoms with Crippen LogP contribution in [0.2, 0.25) is 0 Å². The molecule has 0 amide bonds. The van der Waals surface area contributed by atoms with E-state index in [1.165, 1.54) is 0 Å². The van der Waals surface area contributed by atoms with E-state index >= 15 is 0 Å². The number of hydrogen-bond donors (Lipinski definition) is 1. The van der Waals surface area contributed by atoms with Crippen LogP contribution in [0.1, 0.15) is 45.9 Å². The van der Waals surface area contributed by atoms with E-state index in [0.29, 0.717) is 5.92 Å². The summed E-state index contributed by atoms with van der Waals surface area (Å²) in [5.41, 5.74) is 1.07. The van der Waals surface area contributed by atoms with Crippen molar-refractivity contribution in [2.24, 2.45) is 18.4 Å². The van der Waals surface area contributed by atoms with Crippen molar-refractivity contribution in [1.29, 1.82) is 0 Å². The summed E-state index contributed by atoms with van der Waals surface area (Å²) in [5.74, 6) is 0.448. The number of rotatable bonds is 3. The molecule has 0 aliphatic rings. The van der Waals surface area contributed by atoms with Gasteiger partial charge in [-0.1, -0.05) is 27.7 Å². The third-order valence-corrected chi connectivity index (χ3v) is 3.92. The third-order valence-electron chi connectivity index (χ3n) is 3.31. The van der Waals surface area contributed by atoms with Gasteiger partial charge in [0, 0.05) is 7.05 Å². The number of hydrogen-bond acceptors (Lipinski definition) is 2. The van der Waals surface area contributed by atoms with Crippen LogP contribution < -0.4 is 0 Å². The van der Waals surface area contributed by atoms with Crippen molar-refractivity contribution in [1.82, 2.24) is 9.78 Å². The maximum atomic E-state index is 10.2. The van der Waals surface area contributed by atoms with Gasteiger partial charge in [0.15, 0.2) is 0 Å². The molecule has 1 aromatic heterocycles. The van der Waals surface area contributed by atoms with E-state index in [9.17, 15) is 5.11 Å². The Labute approximate surface area is 106 Å². The Balaban J connectivity index is 2.77. The topological polar surface area (TPSA) is 38.1 Å². The van der Waals surface area contributed by atoms with Gasteiger partial charge in [-0.15, -0.1) is 0 Å². The summed E-state index contributed by atoms with van der Waals surface area (Å²) in [4.78, 5) is 0. The van der Waals surface area contributed by atoms with Crippen LogP contribution in [0.25, 0.3) is 0 Å². The highest BCUT2D eigenvalue weighted by molar-refractivity contribution is 9.10. The van der Waals surface area contributed by atoms with Crippen molar-refractivity contribution in [2.45, 2.75) is 40.2 Å².